The maximum absolute atomic E-state index is 12.9. The fourth-order valence-electron chi connectivity index (χ4n) is 3.44. The number of phenolic OH excluding ortho intramolecular Hbond substituents is 1. The number of sulfone groups is 1. The summed E-state index contributed by atoms with van der Waals surface area (Å²) in [5.41, 5.74) is 0.457. The van der Waals surface area contributed by atoms with Crippen LogP contribution in [-0.4, -0.2) is 47.7 Å². The Morgan fingerprint density at radius 3 is 2.26 bits per heavy atom. The first-order chi connectivity index (χ1) is 17.7. The van der Waals surface area contributed by atoms with Crippen molar-refractivity contribution in [3.8, 4) is 5.75 Å². The number of hydrogen-bond acceptors (Lipinski definition) is 6. The predicted molar refractivity (Wildman–Crippen MR) is 145 cm³/mol. The number of phenols is 1. The Bertz CT molecular complexity index is 1570. The van der Waals surface area contributed by atoms with Gasteiger partial charge >= 0.3 is 5.97 Å². The maximum Gasteiger partial charge on any atom is 0.326 e. The molecular formula is C25H22Cl2NO8PS. The van der Waals surface area contributed by atoms with E-state index in [9.17, 15) is 37.7 Å². The molecule has 0 aromatic heterocycles. The molecule has 0 spiro atoms. The minimum Gasteiger partial charge on any atom is -0.508 e. The predicted octanol–water partition coefficient (Wildman–Crippen LogP) is 4.09. The van der Waals surface area contributed by atoms with E-state index in [-0.39, 0.29) is 38.0 Å². The molecule has 3 aromatic carbocycles. The van der Waals surface area contributed by atoms with E-state index in [0.29, 0.717) is 11.1 Å². The van der Waals surface area contributed by atoms with E-state index >= 15 is 0 Å². The third-order valence-corrected chi connectivity index (χ3v) is 8.61. The molecule has 0 aliphatic heterocycles. The second kappa shape index (κ2) is 11.7. The van der Waals surface area contributed by atoms with Crippen molar-refractivity contribution in [2.45, 2.75) is 17.4 Å². The average Bonchev–Trinajstić information content (AvgIpc) is 2.81. The quantitative estimate of drug-likeness (QED) is 0.268. The van der Waals surface area contributed by atoms with E-state index in [1.165, 1.54) is 60.7 Å². The summed E-state index contributed by atoms with van der Waals surface area (Å²) < 4.78 is 36.2. The second-order valence-corrected chi connectivity index (χ2v) is 13.2. The first-order valence-electron chi connectivity index (χ1n) is 10.8. The Labute approximate surface area is 228 Å². The molecule has 3 aromatic rings. The molecule has 0 bridgehead atoms. The summed E-state index contributed by atoms with van der Waals surface area (Å²) in [5.74, 6) is -1.39. The van der Waals surface area contributed by atoms with Crippen LogP contribution >= 0.6 is 30.6 Å². The Hall–Kier alpha value is -3.14. The largest absolute Gasteiger partial charge is 0.508 e. The van der Waals surface area contributed by atoms with Crippen molar-refractivity contribution in [3.63, 3.8) is 0 Å². The average molecular weight is 598 g/mol. The van der Waals surface area contributed by atoms with Crippen LogP contribution in [-0.2, 0) is 25.6 Å². The summed E-state index contributed by atoms with van der Waals surface area (Å²) in [5, 5.41) is 21.2. The van der Waals surface area contributed by atoms with Gasteiger partial charge in [0.15, 0.2) is 9.84 Å². The standard InChI is InChI=1S/C25H22Cl2NO8PS/c1-38(35,36)19-7-2-4-15(10-19)13-22(25(31)32)28-24(30)23-20(26)11-16(12-21(23)27)8-9-37(33,34)18-6-3-5-17(29)14-18/h2-12,14,22,29H,13H2,1H3,(H,28,30)(H,31,32)(H,33,34)/t22-/m0/s1. The Morgan fingerprint density at radius 2 is 1.68 bits per heavy atom. The lowest BCUT2D eigenvalue weighted by Crippen LogP contribution is -2.42. The van der Waals surface area contributed by atoms with Crippen molar-refractivity contribution in [1.29, 1.82) is 0 Å². The van der Waals surface area contributed by atoms with Crippen LogP contribution in [0.4, 0.5) is 0 Å². The molecule has 2 atom stereocenters. The SMILES string of the molecule is CS(=O)(=O)c1cccc(C[C@H](NC(=O)c2c(Cl)cc(C=CP(=O)(O)c3cccc(O)c3)cc2Cl)C(=O)O)c1. The van der Waals surface area contributed by atoms with Crippen molar-refractivity contribution >= 4 is 63.7 Å². The van der Waals surface area contributed by atoms with Crippen LogP contribution in [0.3, 0.4) is 0 Å². The molecule has 0 saturated heterocycles. The minimum absolute atomic E-state index is 0.00345. The molecular weight excluding hydrogens is 576 g/mol. The van der Waals surface area contributed by atoms with Gasteiger partial charge in [-0.15, -0.1) is 0 Å². The summed E-state index contributed by atoms with van der Waals surface area (Å²) in [6.45, 7) is 0. The fourth-order valence-corrected chi connectivity index (χ4v) is 5.97. The van der Waals surface area contributed by atoms with Gasteiger partial charge in [0, 0.05) is 23.8 Å². The van der Waals surface area contributed by atoms with Crippen molar-refractivity contribution in [1.82, 2.24) is 5.32 Å². The monoisotopic (exact) mass is 597 g/mol. The van der Waals surface area contributed by atoms with E-state index in [1.54, 1.807) is 0 Å². The number of benzene rings is 3. The minimum atomic E-state index is -3.98. The molecule has 0 fully saturated rings. The lowest BCUT2D eigenvalue weighted by Gasteiger charge is -2.16. The van der Waals surface area contributed by atoms with Crippen LogP contribution in [0, 0.1) is 0 Å². The zero-order chi connectivity index (χ0) is 28.3. The molecule has 200 valence electrons. The van der Waals surface area contributed by atoms with Crippen LogP contribution in [0.2, 0.25) is 10.0 Å². The highest BCUT2D eigenvalue weighted by atomic mass is 35.5. The molecule has 0 aliphatic carbocycles. The van der Waals surface area contributed by atoms with Crippen molar-refractivity contribution in [2.24, 2.45) is 0 Å². The van der Waals surface area contributed by atoms with E-state index in [1.807, 2.05) is 0 Å². The van der Waals surface area contributed by atoms with Gasteiger partial charge in [-0.1, -0.05) is 41.4 Å². The number of carbonyl (C=O) groups excluding carboxylic acids is 1. The Kier molecular flexibility index (Phi) is 9.07. The fraction of sp³-hybridized carbons (Fsp3) is 0.120. The number of aliphatic carboxylic acids is 1. The second-order valence-electron chi connectivity index (χ2n) is 8.31. The molecule has 1 unspecified atom stereocenters. The van der Waals surface area contributed by atoms with Gasteiger partial charge in [0.2, 0.25) is 0 Å². The maximum atomic E-state index is 12.9. The zero-order valence-corrected chi connectivity index (χ0v) is 22.9. The summed E-state index contributed by atoms with van der Waals surface area (Å²) in [4.78, 5) is 35.1. The first kappa shape index (κ1) is 29.4. The molecule has 38 heavy (non-hydrogen) atoms. The van der Waals surface area contributed by atoms with E-state index in [2.05, 4.69) is 5.32 Å². The van der Waals surface area contributed by atoms with Gasteiger partial charge < -0.3 is 20.4 Å². The number of amides is 1. The molecule has 4 N–H and O–H groups in total. The molecule has 9 nitrogen and oxygen atoms in total. The zero-order valence-electron chi connectivity index (χ0n) is 19.7. The number of carboxylic acid groups (broad SMARTS) is 1. The third-order valence-electron chi connectivity index (χ3n) is 5.33. The van der Waals surface area contributed by atoms with Crippen molar-refractivity contribution in [2.75, 3.05) is 6.26 Å². The van der Waals surface area contributed by atoms with E-state index < -0.39 is 35.1 Å². The van der Waals surface area contributed by atoms with Gasteiger partial charge in [0.1, 0.15) is 11.8 Å². The van der Waals surface area contributed by atoms with Crippen molar-refractivity contribution in [3.05, 3.63) is 93.2 Å². The smallest absolute Gasteiger partial charge is 0.326 e. The summed E-state index contributed by atoms with van der Waals surface area (Å²) >= 11 is 12.5. The van der Waals surface area contributed by atoms with Crippen LogP contribution in [0.5, 0.6) is 5.75 Å². The van der Waals surface area contributed by atoms with Gasteiger partial charge in [-0.2, -0.15) is 0 Å². The number of rotatable bonds is 9. The van der Waals surface area contributed by atoms with Crippen LogP contribution in [0.1, 0.15) is 21.5 Å². The number of carbonyl (C=O) groups is 2. The highest BCUT2D eigenvalue weighted by Crippen LogP contribution is 2.42. The number of carboxylic acids is 1. The topological polar surface area (TPSA) is 158 Å². The Morgan fingerprint density at radius 1 is 1.05 bits per heavy atom. The van der Waals surface area contributed by atoms with Gasteiger partial charge in [0.05, 0.1) is 20.5 Å². The van der Waals surface area contributed by atoms with E-state index in [4.69, 9.17) is 23.2 Å². The number of halogens is 2. The Balaban J connectivity index is 1.82. The normalized spacial score (nSPS) is 14.1. The van der Waals surface area contributed by atoms with Gasteiger partial charge in [0.25, 0.3) is 13.3 Å². The molecule has 0 saturated carbocycles. The highest BCUT2D eigenvalue weighted by Gasteiger charge is 2.25. The summed E-state index contributed by atoms with van der Waals surface area (Å²) in [7, 11) is -7.50. The van der Waals surface area contributed by atoms with Crippen LogP contribution < -0.4 is 10.6 Å². The third kappa shape index (κ3) is 7.46. The number of aromatic hydroxyl groups is 1. The van der Waals surface area contributed by atoms with Crippen LogP contribution in [0.15, 0.2) is 71.4 Å². The molecule has 3 rings (SSSR count). The molecule has 13 heteroatoms. The summed E-state index contributed by atoms with van der Waals surface area (Å²) in [6.07, 6.45) is 2.09. The number of hydrogen-bond donors (Lipinski definition) is 4. The van der Waals surface area contributed by atoms with Gasteiger partial charge in [-0.05, 0) is 59.7 Å². The lowest BCUT2D eigenvalue weighted by atomic mass is 10.0. The van der Waals surface area contributed by atoms with Crippen molar-refractivity contribution < 1.29 is 37.7 Å². The molecule has 1 amide bonds. The molecule has 0 heterocycles. The first-order valence-corrected chi connectivity index (χ1v) is 15.2. The summed E-state index contributed by atoms with van der Waals surface area (Å²) in [6, 6.07) is 12.2. The van der Waals surface area contributed by atoms with E-state index in [0.717, 1.165) is 18.1 Å². The molecule has 0 aliphatic rings. The lowest BCUT2D eigenvalue weighted by molar-refractivity contribution is -0.139. The van der Waals surface area contributed by atoms with Crippen LogP contribution in [0.25, 0.3) is 6.08 Å². The van der Waals surface area contributed by atoms with Gasteiger partial charge in [-0.3, -0.25) is 9.36 Å². The number of nitrogens with one attached hydrogen (secondary N) is 1. The highest BCUT2D eigenvalue weighted by molar-refractivity contribution is 7.90. The molecule has 0 radical (unpaired) electrons. The van der Waals surface area contributed by atoms with Gasteiger partial charge in [-0.25, -0.2) is 13.2 Å².